The number of hydrogen-bond donors (Lipinski definition) is 1. The van der Waals surface area contributed by atoms with Gasteiger partial charge in [0.15, 0.2) is 0 Å². The molecule has 6 nitrogen and oxygen atoms in total. The third-order valence-corrected chi connectivity index (χ3v) is 8.96. The zero-order valence-electron chi connectivity index (χ0n) is 18.8. The fourth-order valence-electron chi connectivity index (χ4n) is 5.31. The van der Waals surface area contributed by atoms with Gasteiger partial charge >= 0.3 is 0 Å². The summed E-state index contributed by atoms with van der Waals surface area (Å²) in [6.07, 6.45) is 5.22. The molecule has 1 aliphatic carbocycles. The number of nitrogens with one attached hydrogen (secondary N) is 1. The molecule has 0 aromatic heterocycles. The summed E-state index contributed by atoms with van der Waals surface area (Å²) >= 11 is 3.57. The Labute approximate surface area is 207 Å². The number of rotatable bonds is 4. The van der Waals surface area contributed by atoms with Crippen LogP contribution in [0, 0.1) is 0 Å². The smallest absolute Gasteiger partial charge is 0.264 e. The Hall–Kier alpha value is -2.58. The topological polar surface area (TPSA) is 81.7 Å². The number of ether oxygens (including phenoxy) is 2. The van der Waals surface area contributed by atoms with Gasteiger partial charge in [-0.3, -0.25) is 4.79 Å². The number of halogens is 1. The zero-order valence-corrected chi connectivity index (χ0v) is 21.2. The SMILES string of the molecule is COc1ccc(Br)c2c1C(C(=O)NS(=O)(=O)c1cccc3ccccc13)CC1(CCCCC1)O2. The van der Waals surface area contributed by atoms with Gasteiger partial charge in [-0.1, -0.05) is 42.8 Å². The number of sulfonamides is 1. The summed E-state index contributed by atoms with van der Waals surface area (Å²) in [6, 6.07) is 15.9. The molecule has 1 amide bonds. The lowest BCUT2D eigenvalue weighted by Gasteiger charge is -2.44. The predicted molar refractivity (Wildman–Crippen MR) is 134 cm³/mol. The number of hydrogen-bond acceptors (Lipinski definition) is 5. The summed E-state index contributed by atoms with van der Waals surface area (Å²) in [5.41, 5.74) is 0.0874. The van der Waals surface area contributed by atoms with Crippen molar-refractivity contribution in [1.82, 2.24) is 4.72 Å². The summed E-state index contributed by atoms with van der Waals surface area (Å²) in [7, 11) is -2.56. The lowest BCUT2D eigenvalue weighted by molar-refractivity contribution is -0.123. The molecule has 1 heterocycles. The molecular weight excluding hydrogens is 518 g/mol. The molecule has 1 N–H and O–H groups in total. The van der Waals surface area contributed by atoms with Gasteiger partial charge in [0.1, 0.15) is 17.1 Å². The summed E-state index contributed by atoms with van der Waals surface area (Å²) in [5, 5.41) is 1.36. The zero-order chi connectivity index (χ0) is 23.9. The first-order valence-corrected chi connectivity index (χ1v) is 13.7. The summed E-state index contributed by atoms with van der Waals surface area (Å²) in [5.74, 6) is -0.223. The largest absolute Gasteiger partial charge is 0.496 e. The molecule has 3 aromatic carbocycles. The standard InChI is InChI=1S/C26H26BrNO5S/c1-32-21-13-12-20(27)24-23(21)19(16-26(33-24)14-5-2-6-15-26)25(29)28-34(30,31)22-11-7-9-17-8-3-4-10-18(17)22/h3-4,7-13,19H,2,5-6,14-16H2,1H3,(H,28,29). The molecular formula is C26H26BrNO5S. The highest BCUT2D eigenvalue weighted by atomic mass is 79.9. The molecule has 5 rings (SSSR count). The predicted octanol–water partition coefficient (Wildman–Crippen LogP) is 5.69. The first-order chi connectivity index (χ1) is 16.3. The molecule has 178 valence electrons. The number of carbonyl (C=O) groups excluding carboxylic acids is 1. The van der Waals surface area contributed by atoms with Gasteiger partial charge in [0.05, 0.1) is 22.4 Å². The van der Waals surface area contributed by atoms with Crippen molar-refractivity contribution in [1.29, 1.82) is 0 Å². The number of fused-ring (bicyclic) bond motifs is 2. The third-order valence-electron chi connectivity index (χ3n) is 6.93. The third kappa shape index (κ3) is 4.07. The van der Waals surface area contributed by atoms with E-state index in [2.05, 4.69) is 20.7 Å². The Morgan fingerprint density at radius 1 is 1.06 bits per heavy atom. The Kier molecular flexibility index (Phi) is 6.06. The van der Waals surface area contributed by atoms with Crippen molar-refractivity contribution in [3.63, 3.8) is 0 Å². The molecule has 1 aliphatic heterocycles. The lowest BCUT2D eigenvalue weighted by Crippen LogP contribution is -2.47. The van der Waals surface area contributed by atoms with Gasteiger partial charge in [0, 0.05) is 17.4 Å². The number of amides is 1. The summed E-state index contributed by atoms with van der Waals surface area (Å²) in [6.45, 7) is 0. The van der Waals surface area contributed by atoms with E-state index in [1.54, 1.807) is 24.3 Å². The van der Waals surface area contributed by atoms with Crippen molar-refractivity contribution >= 4 is 42.6 Å². The Morgan fingerprint density at radius 3 is 2.56 bits per heavy atom. The Balaban J connectivity index is 1.56. The maximum absolute atomic E-state index is 13.7. The fraction of sp³-hybridized carbons (Fsp3) is 0.346. The van der Waals surface area contributed by atoms with Crippen LogP contribution in [0.2, 0.25) is 0 Å². The fourth-order valence-corrected chi connectivity index (χ4v) is 6.99. The number of methoxy groups -OCH3 is 1. The monoisotopic (exact) mass is 543 g/mol. The lowest BCUT2D eigenvalue weighted by atomic mass is 9.74. The van der Waals surface area contributed by atoms with Crippen LogP contribution in [0.25, 0.3) is 10.8 Å². The van der Waals surface area contributed by atoms with Crippen LogP contribution in [-0.2, 0) is 14.8 Å². The van der Waals surface area contributed by atoms with Crippen LogP contribution >= 0.6 is 15.9 Å². The molecule has 1 spiro atoms. The molecule has 1 unspecified atom stereocenters. The number of benzene rings is 3. The van der Waals surface area contributed by atoms with E-state index in [0.29, 0.717) is 28.9 Å². The molecule has 34 heavy (non-hydrogen) atoms. The molecule has 3 aromatic rings. The van der Waals surface area contributed by atoms with Crippen molar-refractivity contribution in [3.05, 3.63) is 64.6 Å². The van der Waals surface area contributed by atoms with E-state index in [4.69, 9.17) is 9.47 Å². The van der Waals surface area contributed by atoms with Crippen molar-refractivity contribution in [3.8, 4) is 11.5 Å². The minimum Gasteiger partial charge on any atom is -0.496 e. The van der Waals surface area contributed by atoms with Crippen molar-refractivity contribution in [2.75, 3.05) is 7.11 Å². The van der Waals surface area contributed by atoms with Crippen molar-refractivity contribution in [2.24, 2.45) is 0 Å². The second-order valence-electron chi connectivity index (χ2n) is 9.04. The van der Waals surface area contributed by atoms with E-state index in [1.807, 2.05) is 24.3 Å². The number of carbonyl (C=O) groups is 1. The first-order valence-electron chi connectivity index (χ1n) is 11.4. The molecule has 0 radical (unpaired) electrons. The van der Waals surface area contributed by atoms with Gasteiger partial charge in [-0.15, -0.1) is 0 Å². The van der Waals surface area contributed by atoms with Gasteiger partial charge in [-0.2, -0.15) is 0 Å². The van der Waals surface area contributed by atoms with Gasteiger partial charge in [0.25, 0.3) is 10.0 Å². The average molecular weight is 544 g/mol. The highest BCUT2D eigenvalue weighted by Crippen LogP contribution is 2.52. The first kappa shape index (κ1) is 23.2. The van der Waals surface area contributed by atoms with Crippen molar-refractivity contribution < 1.29 is 22.7 Å². The van der Waals surface area contributed by atoms with Gasteiger partial charge in [0.2, 0.25) is 5.91 Å². The minimum absolute atomic E-state index is 0.0832. The van der Waals surface area contributed by atoms with Crippen LogP contribution < -0.4 is 14.2 Å². The highest BCUT2D eigenvalue weighted by Gasteiger charge is 2.47. The second-order valence-corrected chi connectivity index (χ2v) is 11.5. The highest BCUT2D eigenvalue weighted by molar-refractivity contribution is 9.10. The summed E-state index contributed by atoms with van der Waals surface area (Å²) < 4.78 is 42.0. The van der Waals surface area contributed by atoms with Gasteiger partial charge in [-0.25, -0.2) is 13.1 Å². The van der Waals surface area contributed by atoms with Crippen LogP contribution in [0.4, 0.5) is 0 Å². The van der Waals surface area contributed by atoms with E-state index in [-0.39, 0.29) is 4.90 Å². The normalized spacial score (nSPS) is 19.3. The Morgan fingerprint density at radius 2 is 1.79 bits per heavy atom. The molecule has 0 saturated heterocycles. The Bertz CT molecular complexity index is 1360. The maximum Gasteiger partial charge on any atom is 0.264 e. The van der Waals surface area contributed by atoms with E-state index in [9.17, 15) is 13.2 Å². The molecule has 2 aliphatic rings. The second kappa shape index (κ2) is 8.89. The molecule has 0 bridgehead atoms. The molecule has 8 heteroatoms. The minimum atomic E-state index is -4.10. The van der Waals surface area contributed by atoms with E-state index in [0.717, 1.165) is 42.0 Å². The van der Waals surface area contributed by atoms with Gasteiger partial charge in [-0.05, 0) is 65.2 Å². The van der Waals surface area contributed by atoms with Crippen molar-refractivity contribution in [2.45, 2.75) is 54.9 Å². The van der Waals surface area contributed by atoms with Crippen LogP contribution in [0.15, 0.2) is 64.0 Å². The van der Waals surface area contributed by atoms with Crippen LogP contribution in [0.1, 0.15) is 50.0 Å². The molecule has 1 atom stereocenters. The molecule has 1 saturated carbocycles. The van der Waals surface area contributed by atoms with E-state index < -0.39 is 27.4 Å². The van der Waals surface area contributed by atoms with Gasteiger partial charge < -0.3 is 9.47 Å². The molecule has 1 fully saturated rings. The van der Waals surface area contributed by atoms with E-state index >= 15 is 0 Å². The van der Waals surface area contributed by atoms with E-state index in [1.165, 1.54) is 13.2 Å². The maximum atomic E-state index is 13.7. The van der Waals surface area contributed by atoms with Crippen LogP contribution in [0.3, 0.4) is 0 Å². The van der Waals surface area contributed by atoms with Crippen LogP contribution in [0.5, 0.6) is 11.5 Å². The quantitative estimate of drug-likeness (QED) is 0.457. The summed E-state index contributed by atoms with van der Waals surface area (Å²) in [4.78, 5) is 13.8. The van der Waals surface area contributed by atoms with Crippen LogP contribution in [-0.4, -0.2) is 27.0 Å². The average Bonchev–Trinajstić information content (AvgIpc) is 2.84.